The zero-order chi connectivity index (χ0) is 11.1. The Labute approximate surface area is 97.2 Å². The number of nitrogens with one attached hydrogen (secondary N) is 1. The Morgan fingerprint density at radius 3 is 3.12 bits per heavy atom. The molecule has 16 heavy (non-hydrogen) atoms. The summed E-state index contributed by atoms with van der Waals surface area (Å²) in [5.74, 6) is 0. The molecule has 88 valence electrons. The third kappa shape index (κ3) is 3.91. The number of hydrogen-bond donors (Lipinski definition) is 1. The fraction of sp³-hybridized carbons (Fsp3) is 0.615. The summed E-state index contributed by atoms with van der Waals surface area (Å²) in [5, 5.41) is 3.52. The zero-order valence-corrected chi connectivity index (χ0v) is 9.69. The molecule has 3 heteroatoms. The molecule has 0 saturated carbocycles. The van der Waals surface area contributed by atoms with E-state index >= 15 is 0 Å². The molecule has 3 nitrogen and oxygen atoms in total. The molecule has 1 N–H and O–H groups in total. The van der Waals surface area contributed by atoms with Gasteiger partial charge in [-0.25, -0.2) is 0 Å². The van der Waals surface area contributed by atoms with Gasteiger partial charge in [-0.05, 0) is 37.9 Å². The van der Waals surface area contributed by atoms with Crippen LogP contribution >= 0.6 is 0 Å². The first-order valence-corrected chi connectivity index (χ1v) is 6.16. The highest BCUT2D eigenvalue weighted by Crippen LogP contribution is 2.10. The molecule has 1 aromatic rings. The molecule has 0 aliphatic carbocycles. The van der Waals surface area contributed by atoms with Crippen LogP contribution < -0.4 is 5.32 Å². The van der Waals surface area contributed by atoms with Gasteiger partial charge < -0.3 is 10.1 Å². The topological polar surface area (TPSA) is 34.1 Å². The summed E-state index contributed by atoms with van der Waals surface area (Å²) in [5.41, 5.74) is 1.01. The van der Waals surface area contributed by atoms with Gasteiger partial charge >= 0.3 is 0 Å². The first kappa shape index (κ1) is 11.6. The third-order valence-corrected chi connectivity index (χ3v) is 3.00. The highest BCUT2D eigenvalue weighted by Gasteiger charge is 2.11. The Hall–Kier alpha value is -0.930. The highest BCUT2D eigenvalue weighted by molar-refractivity contribution is 5.01. The average Bonchev–Trinajstić information content (AvgIpc) is 2.37. The number of hydrogen-bond acceptors (Lipinski definition) is 3. The van der Waals surface area contributed by atoms with Crippen molar-refractivity contribution in [3.8, 4) is 0 Å². The monoisotopic (exact) mass is 220 g/mol. The summed E-state index contributed by atoms with van der Waals surface area (Å²) < 4.78 is 5.62. The van der Waals surface area contributed by atoms with E-state index in [2.05, 4.69) is 10.3 Å². The smallest absolute Gasteiger partial charge is 0.0887 e. The van der Waals surface area contributed by atoms with Crippen molar-refractivity contribution < 1.29 is 4.74 Å². The summed E-state index contributed by atoms with van der Waals surface area (Å²) in [4.78, 5) is 4.22. The number of aromatic nitrogens is 1. The van der Waals surface area contributed by atoms with E-state index in [0.29, 0.717) is 12.6 Å². The van der Waals surface area contributed by atoms with Gasteiger partial charge in [0.05, 0.1) is 12.3 Å². The average molecular weight is 220 g/mol. The minimum Gasteiger partial charge on any atom is -0.375 e. The first-order chi connectivity index (χ1) is 7.95. The lowest BCUT2D eigenvalue weighted by Crippen LogP contribution is -2.34. The van der Waals surface area contributed by atoms with Crippen molar-refractivity contribution in [1.82, 2.24) is 10.3 Å². The normalized spacial score (nSPS) is 20.9. The van der Waals surface area contributed by atoms with E-state index in [0.717, 1.165) is 18.7 Å². The molecule has 1 aliphatic heterocycles. The zero-order valence-electron chi connectivity index (χ0n) is 9.69. The maximum absolute atomic E-state index is 5.62. The van der Waals surface area contributed by atoms with E-state index in [1.807, 2.05) is 18.2 Å². The van der Waals surface area contributed by atoms with Crippen molar-refractivity contribution >= 4 is 0 Å². The van der Waals surface area contributed by atoms with Crippen LogP contribution in [0.3, 0.4) is 0 Å². The van der Waals surface area contributed by atoms with Gasteiger partial charge in [0.1, 0.15) is 0 Å². The number of pyridine rings is 1. The fourth-order valence-electron chi connectivity index (χ4n) is 2.06. The molecule has 1 saturated heterocycles. The number of ether oxygens (including phenoxy) is 1. The molecule has 0 amide bonds. The Kier molecular flexibility index (Phi) is 4.77. The van der Waals surface area contributed by atoms with Crippen molar-refractivity contribution in [2.75, 3.05) is 13.2 Å². The molecular weight excluding hydrogens is 200 g/mol. The lowest BCUT2D eigenvalue weighted by Gasteiger charge is -2.23. The van der Waals surface area contributed by atoms with Gasteiger partial charge in [0.25, 0.3) is 0 Å². The van der Waals surface area contributed by atoms with Gasteiger partial charge in [-0.15, -0.1) is 0 Å². The summed E-state index contributed by atoms with van der Waals surface area (Å²) in [6, 6.07) is 6.58. The van der Waals surface area contributed by atoms with Crippen LogP contribution in [0.2, 0.25) is 0 Å². The molecule has 0 unspecified atom stereocenters. The molecule has 1 atom stereocenters. The van der Waals surface area contributed by atoms with Gasteiger partial charge in [-0.3, -0.25) is 4.98 Å². The Bertz CT molecular complexity index is 283. The lowest BCUT2D eigenvalue weighted by atomic mass is 10.0. The maximum Gasteiger partial charge on any atom is 0.0887 e. The third-order valence-electron chi connectivity index (χ3n) is 3.00. The largest absolute Gasteiger partial charge is 0.375 e. The fourth-order valence-corrected chi connectivity index (χ4v) is 2.06. The number of rotatable bonds is 5. The van der Waals surface area contributed by atoms with E-state index < -0.39 is 0 Å². The molecule has 1 fully saturated rings. The lowest BCUT2D eigenvalue weighted by molar-refractivity contribution is 0.106. The SMILES string of the molecule is c1ccc(COCC[C@H]2CCCCN2)nc1. The number of piperidine rings is 1. The van der Waals surface area contributed by atoms with Gasteiger partial charge in [-0.2, -0.15) is 0 Å². The van der Waals surface area contributed by atoms with Crippen molar-refractivity contribution in [2.45, 2.75) is 38.3 Å². The Morgan fingerprint density at radius 2 is 2.38 bits per heavy atom. The van der Waals surface area contributed by atoms with Crippen LogP contribution in [0.5, 0.6) is 0 Å². The first-order valence-electron chi connectivity index (χ1n) is 6.16. The van der Waals surface area contributed by atoms with E-state index in [9.17, 15) is 0 Å². The van der Waals surface area contributed by atoms with Crippen LogP contribution in [-0.4, -0.2) is 24.2 Å². The molecule has 1 aliphatic rings. The predicted molar refractivity (Wildman–Crippen MR) is 64.2 cm³/mol. The minimum absolute atomic E-state index is 0.633. The second-order valence-electron chi connectivity index (χ2n) is 4.31. The van der Waals surface area contributed by atoms with Crippen LogP contribution in [0.15, 0.2) is 24.4 Å². The molecule has 0 aromatic carbocycles. The van der Waals surface area contributed by atoms with E-state index in [1.165, 1.54) is 25.8 Å². The Morgan fingerprint density at radius 1 is 1.38 bits per heavy atom. The predicted octanol–water partition coefficient (Wildman–Crippen LogP) is 2.13. The van der Waals surface area contributed by atoms with Crippen LogP contribution in [0, 0.1) is 0 Å². The van der Waals surface area contributed by atoms with Crippen LogP contribution in [-0.2, 0) is 11.3 Å². The summed E-state index contributed by atoms with van der Waals surface area (Å²) in [7, 11) is 0. The molecule has 0 bridgehead atoms. The van der Waals surface area contributed by atoms with E-state index in [1.54, 1.807) is 6.20 Å². The quantitative estimate of drug-likeness (QED) is 0.772. The van der Waals surface area contributed by atoms with Gasteiger partial charge in [0.15, 0.2) is 0 Å². The maximum atomic E-state index is 5.62. The van der Waals surface area contributed by atoms with E-state index in [-0.39, 0.29) is 0 Å². The second kappa shape index (κ2) is 6.61. The molecule has 0 radical (unpaired) electrons. The van der Waals surface area contributed by atoms with Gasteiger partial charge in [-0.1, -0.05) is 12.5 Å². The molecule has 1 aromatic heterocycles. The Balaban J connectivity index is 1.58. The molecule has 2 rings (SSSR count). The standard InChI is InChI=1S/C13H20N2O/c1-3-8-14-12(5-1)7-10-16-11-13-6-2-4-9-15-13/h2,4,6,9,12,14H,1,3,5,7-8,10-11H2/t12-/m1/s1. The second-order valence-corrected chi connectivity index (χ2v) is 4.31. The van der Waals surface area contributed by atoms with Crippen LogP contribution in [0.1, 0.15) is 31.4 Å². The van der Waals surface area contributed by atoms with Crippen LogP contribution in [0.25, 0.3) is 0 Å². The molecule has 2 heterocycles. The molecular formula is C13H20N2O. The molecule has 0 spiro atoms. The summed E-state index contributed by atoms with van der Waals surface area (Å²) >= 11 is 0. The summed E-state index contributed by atoms with van der Waals surface area (Å²) in [6.07, 6.45) is 6.91. The van der Waals surface area contributed by atoms with Crippen molar-refractivity contribution in [3.63, 3.8) is 0 Å². The van der Waals surface area contributed by atoms with Crippen molar-refractivity contribution in [3.05, 3.63) is 30.1 Å². The van der Waals surface area contributed by atoms with Gasteiger partial charge in [0.2, 0.25) is 0 Å². The van der Waals surface area contributed by atoms with Crippen molar-refractivity contribution in [2.24, 2.45) is 0 Å². The highest BCUT2D eigenvalue weighted by atomic mass is 16.5. The van der Waals surface area contributed by atoms with Gasteiger partial charge in [0, 0.05) is 18.8 Å². The minimum atomic E-state index is 0.633. The summed E-state index contributed by atoms with van der Waals surface area (Å²) in [6.45, 7) is 2.63. The van der Waals surface area contributed by atoms with E-state index in [4.69, 9.17) is 4.74 Å². The van der Waals surface area contributed by atoms with Crippen molar-refractivity contribution in [1.29, 1.82) is 0 Å². The van der Waals surface area contributed by atoms with Crippen LogP contribution in [0.4, 0.5) is 0 Å². The number of nitrogens with zero attached hydrogens (tertiary/aromatic N) is 1.